The van der Waals surface area contributed by atoms with Gasteiger partial charge in [-0.1, -0.05) is 31.2 Å². The van der Waals surface area contributed by atoms with Crippen LogP contribution >= 0.6 is 0 Å². The fraction of sp³-hybridized carbons (Fsp3) is 0.500. The van der Waals surface area contributed by atoms with Gasteiger partial charge in [-0.15, -0.1) is 0 Å². The van der Waals surface area contributed by atoms with E-state index in [9.17, 15) is 0 Å². The highest BCUT2D eigenvalue weighted by atomic mass is 14.2. The minimum absolute atomic E-state index is 0.914. The van der Waals surface area contributed by atoms with Crippen molar-refractivity contribution in [1.82, 2.24) is 0 Å². The highest BCUT2D eigenvalue weighted by Crippen LogP contribution is 2.23. The highest BCUT2D eigenvalue weighted by Gasteiger charge is 2.11. The van der Waals surface area contributed by atoms with E-state index in [1.165, 1.54) is 25.7 Å². The molecule has 0 atom stereocenters. The maximum Gasteiger partial charge on any atom is -0.0274 e. The van der Waals surface area contributed by atoms with E-state index in [4.69, 9.17) is 0 Å². The first-order valence-electron chi connectivity index (χ1n) is 4.93. The minimum Gasteiger partial charge on any atom is -0.0625 e. The van der Waals surface area contributed by atoms with Gasteiger partial charge in [0, 0.05) is 0 Å². The van der Waals surface area contributed by atoms with Gasteiger partial charge in [0.2, 0.25) is 0 Å². The summed E-state index contributed by atoms with van der Waals surface area (Å²) in [6.45, 7) is 2.37. The lowest BCUT2D eigenvalue weighted by Gasteiger charge is -2.03. The molecular formula is C12H16. The molecule has 0 saturated carbocycles. The Morgan fingerprint density at radius 1 is 1.00 bits per heavy atom. The third kappa shape index (κ3) is 1.52. The normalized spacial score (nSPS) is 18.4. The quantitative estimate of drug-likeness (QED) is 0.511. The van der Waals surface area contributed by atoms with Gasteiger partial charge in [-0.25, -0.2) is 0 Å². The van der Waals surface area contributed by atoms with Gasteiger partial charge in [-0.3, -0.25) is 0 Å². The molecular weight excluding hydrogens is 144 g/mol. The van der Waals surface area contributed by atoms with Crippen molar-refractivity contribution >= 4 is 0 Å². The van der Waals surface area contributed by atoms with Crippen LogP contribution in [0.25, 0.3) is 0 Å². The van der Waals surface area contributed by atoms with Crippen LogP contribution in [0.4, 0.5) is 0 Å². The standard InChI is InChI=1S/C12H16/c1-10-6-8-11-4-2-3-5-12(11)9-7-10/h2-5,10H,6-9H2,1H3. The molecule has 0 aromatic heterocycles. The van der Waals surface area contributed by atoms with Crippen molar-refractivity contribution in [2.45, 2.75) is 32.6 Å². The first kappa shape index (κ1) is 7.85. The van der Waals surface area contributed by atoms with Crippen LogP contribution in [0.2, 0.25) is 0 Å². The Morgan fingerprint density at radius 3 is 2.00 bits per heavy atom. The zero-order chi connectivity index (χ0) is 8.39. The van der Waals surface area contributed by atoms with E-state index < -0.39 is 0 Å². The number of benzene rings is 1. The zero-order valence-corrected chi connectivity index (χ0v) is 7.72. The van der Waals surface area contributed by atoms with E-state index in [-0.39, 0.29) is 0 Å². The monoisotopic (exact) mass is 160 g/mol. The number of hydrogen-bond acceptors (Lipinski definition) is 0. The van der Waals surface area contributed by atoms with Crippen LogP contribution in [-0.2, 0) is 12.8 Å². The average molecular weight is 160 g/mol. The molecule has 0 nitrogen and oxygen atoms in total. The van der Waals surface area contributed by atoms with E-state index in [1.807, 2.05) is 0 Å². The summed E-state index contributed by atoms with van der Waals surface area (Å²) in [6.07, 6.45) is 5.32. The maximum atomic E-state index is 2.37. The molecule has 0 fully saturated rings. The lowest BCUT2D eigenvalue weighted by molar-refractivity contribution is 0.510. The van der Waals surface area contributed by atoms with E-state index >= 15 is 0 Å². The van der Waals surface area contributed by atoms with Gasteiger partial charge in [0.1, 0.15) is 0 Å². The van der Waals surface area contributed by atoms with Crippen molar-refractivity contribution in [3.8, 4) is 0 Å². The van der Waals surface area contributed by atoms with Crippen LogP contribution in [0.3, 0.4) is 0 Å². The summed E-state index contributed by atoms with van der Waals surface area (Å²) in [4.78, 5) is 0. The Labute approximate surface area is 74.6 Å². The second kappa shape index (κ2) is 3.30. The summed E-state index contributed by atoms with van der Waals surface area (Å²) in [5.41, 5.74) is 3.17. The predicted octanol–water partition coefficient (Wildman–Crippen LogP) is 3.20. The Balaban J connectivity index is 2.26. The van der Waals surface area contributed by atoms with E-state index in [1.54, 1.807) is 11.1 Å². The van der Waals surface area contributed by atoms with Crippen molar-refractivity contribution < 1.29 is 0 Å². The largest absolute Gasteiger partial charge is 0.0625 e. The van der Waals surface area contributed by atoms with Crippen molar-refractivity contribution in [1.29, 1.82) is 0 Å². The lowest BCUT2D eigenvalue weighted by Crippen LogP contribution is -1.92. The molecule has 0 heteroatoms. The molecule has 0 unspecified atom stereocenters. The highest BCUT2D eigenvalue weighted by molar-refractivity contribution is 5.28. The molecule has 0 spiro atoms. The number of aryl methyl sites for hydroxylation is 2. The summed E-state index contributed by atoms with van der Waals surface area (Å²) in [5.74, 6) is 0.914. The second-order valence-electron chi connectivity index (χ2n) is 3.95. The van der Waals surface area contributed by atoms with Gasteiger partial charge in [0.25, 0.3) is 0 Å². The van der Waals surface area contributed by atoms with Crippen LogP contribution in [0.5, 0.6) is 0 Å². The predicted molar refractivity (Wildman–Crippen MR) is 52.2 cm³/mol. The summed E-state index contributed by atoms with van der Waals surface area (Å²) in [5, 5.41) is 0. The van der Waals surface area contributed by atoms with Gasteiger partial charge < -0.3 is 0 Å². The molecule has 1 aliphatic carbocycles. The van der Waals surface area contributed by atoms with E-state index in [0.717, 1.165) is 5.92 Å². The molecule has 0 radical (unpaired) electrons. The molecule has 2 rings (SSSR count). The third-order valence-electron chi connectivity index (χ3n) is 2.93. The molecule has 12 heavy (non-hydrogen) atoms. The summed E-state index contributed by atoms with van der Waals surface area (Å²) < 4.78 is 0. The fourth-order valence-electron chi connectivity index (χ4n) is 1.99. The second-order valence-corrected chi connectivity index (χ2v) is 3.95. The van der Waals surface area contributed by atoms with Crippen molar-refractivity contribution in [2.24, 2.45) is 5.92 Å². The van der Waals surface area contributed by atoms with Crippen LogP contribution in [-0.4, -0.2) is 0 Å². The van der Waals surface area contributed by atoms with Crippen LogP contribution in [0, 0.1) is 5.92 Å². The van der Waals surface area contributed by atoms with Gasteiger partial charge in [-0.05, 0) is 42.7 Å². The molecule has 1 aromatic rings. The van der Waals surface area contributed by atoms with E-state index in [0.29, 0.717) is 0 Å². The Kier molecular flexibility index (Phi) is 2.16. The smallest absolute Gasteiger partial charge is 0.0274 e. The molecule has 0 aliphatic heterocycles. The molecule has 64 valence electrons. The van der Waals surface area contributed by atoms with Gasteiger partial charge >= 0.3 is 0 Å². The third-order valence-corrected chi connectivity index (χ3v) is 2.93. The first-order chi connectivity index (χ1) is 5.86. The lowest BCUT2D eigenvalue weighted by atomic mass is 10.0. The maximum absolute atomic E-state index is 2.37. The Morgan fingerprint density at radius 2 is 1.50 bits per heavy atom. The summed E-state index contributed by atoms with van der Waals surface area (Å²) >= 11 is 0. The van der Waals surface area contributed by atoms with Gasteiger partial charge in [-0.2, -0.15) is 0 Å². The van der Waals surface area contributed by atoms with Crippen LogP contribution < -0.4 is 0 Å². The summed E-state index contributed by atoms with van der Waals surface area (Å²) in [6, 6.07) is 8.89. The molecule has 1 aromatic carbocycles. The Hall–Kier alpha value is -0.780. The fourth-order valence-corrected chi connectivity index (χ4v) is 1.99. The number of hydrogen-bond donors (Lipinski definition) is 0. The van der Waals surface area contributed by atoms with Crippen LogP contribution in [0.1, 0.15) is 30.9 Å². The Bertz CT molecular complexity index is 235. The zero-order valence-electron chi connectivity index (χ0n) is 7.72. The SMILES string of the molecule is CC1CCc2ccccc2CC1. The summed E-state index contributed by atoms with van der Waals surface area (Å²) in [7, 11) is 0. The topological polar surface area (TPSA) is 0 Å². The first-order valence-corrected chi connectivity index (χ1v) is 4.93. The van der Waals surface area contributed by atoms with Gasteiger partial charge in [0.15, 0.2) is 0 Å². The molecule has 0 N–H and O–H groups in total. The van der Waals surface area contributed by atoms with Crippen molar-refractivity contribution in [2.75, 3.05) is 0 Å². The van der Waals surface area contributed by atoms with Gasteiger partial charge in [0.05, 0.1) is 0 Å². The van der Waals surface area contributed by atoms with Crippen LogP contribution in [0.15, 0.2) is 24.3 Å². The number of rotatable bonds is 0. The minimum atomic E-state index is 0.914. The molecule has 0 amide bonds. The van der Waals surface area contributed by atoms with E-state index in [2.05, 4.69) is 31.2 Å². The van der Waals surface area contributed by atoms with Crippen molar-refractivity contribution in [3.05, 3.63) is 35.4 Å². The van der Waals surface area contributed by atoms with Crippen molar-refractivity contribution in [3.63, 3.8) is 0 Å². The molecule has 0 heterocycles. The average Bonchev–Trinajstić information content (AvgIpc) is 2.29. The molecule has 0 bridgehead atoms. The number of fused-ring (bicyclic) bond motifs is 1. The molecule has 1 aliphatic rings. The molecule has 0 saturated heterocycles.